The van der Waals surface area contributed by atoms with Crippen molar-refractivity contribution in [3.05, 3.63) is 58.1 Å². The van der Waals surface area contributed by atoms with Gasteiger partial charge >= 0.3 is 6.09 Å². The Balaban J connectivity index is 1.94. The minimum atomic E-state index is -1.26. The third kappa shape index (κ3) is 3.76. The molecule has 0 aromatic heterocycles. The van der Waals surface area contributed by atoms with Crippen LogP contribution in [0.3, 0.4) is 0 Å². The molecule has 0 saturated carbocycles. The summed E-state index contributed by atoms with van der Waals surface area (Å²) < 4.78 is 27.5. The summed E-state index contributed by atoms with van der Waals surface area (Å²) in [6.45, 7) is 0. The number of thioether (sulfide) groups is 1. The fourth-order valence-corrected chi connectivity index (χ4v) is 4.17. The van der Waals surface area contributed by atoms with Crippen LogP contribution in [0.1, 0.15) is 28.4 Å². The number of fused-ring (bicyclic) bond motifs is 1. The van der Waals surface area contributed by atoms with Gasteiger partial charge in [0.05, 0.1) is 16.6 Å². The quantitative estimate of drug-likeness (QED) is 0.701. The van der Waals surface area contributed by atoms with Gasteiger partial charge in [-0.25, -0.2) is 13.6 Å². The molecule has 2 aromatic rings. The third-order valence-corrected chi connectivity index (χ3v) is 5.32. The van der Waals surface area contributed by atoms with Gasteiger partial charge in [-0.15, -0.1) is 11.8 Å². The molecule has 1 heterocycles. The Kier molecular flexibility index (Phi) is 5.33. The molecule has 2 aromatic carbocycles. The Morgan fingerprint density at radius 1 is 1.19 bits per heavy atom. The van der Waals surface area contributed by atoms with Gasteiger partial charge in [-0.2, -0.15) is 0 Å². The smallest absolute Gasteiger partial charge is 0.405 e. The van der Waals surface area contributed by atoms with Crippen molar-refractivity contribution in [2.75, 3.05) is 11.1 Å². The number of hydrogen-bond donors (Lipinski definition) is 3. The molecule has 0 saturated heterocycles. The summed E-state index contributed by atoms with van der Waals surface area (Å²) in [5, 5.41) is 13.7. The number of benzene rings is 2. The first-order valence-electron chi connectivity index (χ1n) is 7.58. The van der Waals surface area contributed by atoms with E-state index >= 15 is 0 Å². The van der Waals surface area contributed by atoms with Crippen molar-refractivity contribution in [2.45, 2.75) is 17.4 Å². The van der Waals surface area contributed by atoms with Crippen LogP contribution in [-0.2, 0) is 0 Å². The first-order valence-corrected chi connectivity index (χ1v) is 8.94. The van der Waals surface area contributed by atoms with E-state index in [1.807, 2.05) is 0 Å². The lowest BCUT2D eigenvalue weighted by Gasteiger charge is -2.27. The van der Waals surface area contributed by atoms with E-state index < -0.39 is 29.7 Å². The molecule has 0 radical (unpaired) electrons. The van der Waals surface area contributed by atoms with Gasteiger partial charge in [0.25, 0.3) is 5.91 Å². The number of nitrogens with one attached hydrogen (secondary N) is 2. The molecule has 136 valence electrons. The minimum Gasteiger partial charge on any atom is -0.465 e. The zero-order chi connectivity index (χ0) is 18.8. The average Bonchev–Trinajstić information content (AvgIpc) is 2.58. The molecule has 0 fully saturated rings. The first-order chi connectivity index (χ1) is 12.4. The van der Waals surface area contributed by atoms with Crippen LogP contribution in [0.4, 0.5) is 19.3 Å². The summed E-state index contributed by atoms with van der Waals surface area (Å²) in [5.74, 6) is -1.17. The van der Waals surface area contributed by atoms with Gasteiger partial charge in [-0.3, -0.25) is 4.79 Å². The monoisotopic (exact) mass is 398 g/mol. The van der Waals surface area contributed by atoms with E-state index in [0.29, 0.717) is 22.8 Å². The maximum atomic E-state index is 14.3. The van der Waals surface area contributed by atoms with Gasteiger partial charge in [0.15, 0.2) is 0 Å². The number of rotatable bonds is 3. The van der Waals surface area contributed by atoms with Crippen LogP contribution >= 0.6 is 23.4 Å². The van der Waals surface area contributed by atoms with Crippen LogP contribution in [0.5, 0.6) is 0 Å². The second kappa shape index (κ2) is 7.51. The number of halogens is 3. The highest BCUT2D eigenvalue weighted by molar-refractivity contribution is 7.99. The highest BCUT2D eigenvalue weighted by Gasteiger charge is 2.29. The van der Waals surface area contributed by atoms with Crippen LogP contribution in [-0.4, -0.2) is 22.9 Å². The summed E-state index contributed by atoms with van der Waals surface area (Å²) in [6, 6.07) is 5.50. The fraction of sp³-hybridized carbons (Fsp3) is 0.176. The molecule has 1 atom stereocenters. The highest BCUT2D eigenvalue weighted by Crippen LogP contribution is 2.40. The molecule has 0 unspecified atom stereocenters. The topological polar surface area (TPSA) is 78.4 Å². The lowest BCUT2D eigenvalue weighted by molar-refractivity contribution is 0.102. The zero-order valence-electron chi connectivity index (χ0n) is 13.2. The second-order valence-electron chi connectivity index (χ2n) is 5.56. The fourth-order valence-electron chi connectivity index (χ4n) is 2.72. The van der Waals surface area contributed by atoms with Gasteiger partial charge < -0.3 is 15.7 Å². The van der Waals surface area contributed by atoms with Crippen molar-refractivity contribution in [3.8, 4) is 0 Å². The maximum Gasteiger partial charge on any atom is 0.405 e. The maximum absolute atomic E-state index is 14.3. The van der Waals surface area contributed by atoms with Crippen LogP contribution in [0.25, 0.3) is 0 Å². The van der Waals surface area contributed by atoms with Gasteiger partial charge in [-0.1, -0.05) is 11.6 Å². The molecule has 1 aliphatic rings. The van der Waals surface area contributed by atoms with E-state index in [2.05, 4.69) is 10.6 Å². The minimum absolute atomic E-state index is 0.135. The predicted molar refractivity (Wildman–Crippen MR) is 95.0 cm³/mol. The van der Waals surface area contributed by atoms with Crippen LogP contribution < -0.4 is 10.6 Å². The number of carbonyl (C=O) groups is 2. The average molecular weight is 399 g/mol. The molecule has 26 heavy (non-hydrogen) atoms. The van der Waals surface area contributed by atoms with E-state index in [1.54, 1.807) is 0 Å². The molecule has 1 aliphatic heterocycles. The van der Waals surface area contributed by atoms with Crippen LogP contribution in [0.15, 0.2) is 35.2 Å². The highest BCUT2D eigenvalue weighted by atomic mass is 35.5. The molecule has 0 spiro atoms. The largest absolute Gasteiger partial charge is 0.465 e. The van der Waals surface area contributed by atoms with E-state index in [-0.39, 0.29) is 16.1 Å². The first kappa shape index (κ1) is 18.5. The molecule has 3 N–H and O–H groups in total. The van der Waals surface area contributed by atoms with Crippen LogP contribution in [0.2, 0.25) is 5.02 Å². The number of amides is 2. The van der Waals surface area contributed by atoms with Crippen molar-refractivity contribution in [1.29, 1.82) is 0 Å². The summed E-state index contributed by atoms with van der Waals surface area (Å²) >= 11 is 6.99. The molecular formula is C17H13ClF2N2O3S. The van der Waals surface area contributed by atoms with Crippen molar-refractivity contribution in [2.24, 2.45) is 0 Å². The zero-order valence-corrected chi connectivity index (χ0v) is 14.8. The van der Waals surface area contributed by atoms with E-state index in [4.69, 9.17) is 16.7 Å². The number of anilines is 1. The number of carbonyl (C=O) groups excluding carboxylic acids is 1. The second-order valence-corrected chi connectivity index (χ2v) is 7.07. The van der Waals surface area contributed by atoms with E-state index in [0.717, 1.165) is 12.1 Å². The van der Waals surface area contributed by atoms with E-state index in [1.165, 1.54) is 30.0 Å². The Morgan fingerprint density at radius 2 is 1.92 bits per heavy atom. The Morgan fingerprint density at radius 3 is 2.62 bits per heavy atom. The molecule has 0 aliphatic carbocycles. The Labute approximate surface area is 156 Å². The summed E-state index contributed by atoms with van der Waals surface area (Å²) in [6.07, 6.45) is -0.845. The molecular weight excluding hydrogens is 386 g/mol. The Bertz CT molecular complexity index is 895. The predicted octanol–water partition coefficient (Wildman–Crippen LogP) is 4.68. The summed E-state index contributed by atoms with van der Waals surface area (Å²) in [4.78, 5) is 23.9. The molecule has 3 rings (SSSR count). The molecule has 2 amide bonds. The van der Waals surface area contributed by atoms with Crippen molar-refractivity contribution >= 4 is 41.1 Å². The lowest BCUT2D eigenvalue weighted by atomic mass is 10.00. The van der Waals surface area contributed by atoms with E-state index in [9.17, 15) is 18.4 Å². The number of hydrogen-bond acceptors (Lipinski definition) is 3. The standard InChI is InChI=1S/C17H13ClF2N2O3S/c18-10-7-8(1-3-11(10)19)21-16(23)9-2-4-12(20)14-13(22-17(24)25)5-6-26-15(9)14/h1-4,7,13,22H,5-6H2,(H,21,23)(H,24,25)/t13-/m0/s1. The molecule has 5 nitrogen and oxygen atoms in total. The van der Waals surface area contributed by atoms with Gasteiger partial charge in [0.1, 0.15) is 11.6 Å². The van der Waals surface area contributed by atoms with Crippen molar-refractivity contribution < 1.29 is 23.5 Å². The summed E-state index contributed by atoms with van der Waals surface area (Å²) in [7, 11) is 0. The normalized spacial score (nSPS) is 15.9. The number of carboxylic acid groups (broad SMARTS) is 1. The summed E-state index contributed by atoms with van der Waals surface area (Å²) in [5.41, 5.74) is 0.665. The SMILES string of the molecule is O=C(O)N[C@H]1CCSc2c(C(=O)Nc3ccc(F)c(Cl)c3)ccc(F)c21. The molecule has 9 heteroatoms. The van der Waals surface area contributed by atoms with Crippen molar-refractivity contribution in [3.63, 3.8) is 0 Å². The van der Waals surface area contributed by atoms with Gasteiger partial charge in [0.2, 0.25) is 0 Å². The van der Waals surface area contributed by atoms with Crippen molar-refractivity contribution in [1.82, 2.24) is 5.32 Å². The van der Waals surface area contributed by atoms with Gasteiger partial charge in [-0.05, 0) is 36.8 Å². The third-order valence-electron chi connectivity index (χ3n) is 3.86. The lowest BCUT2D eigenvalue weighted by Crippen LogP contribution is -2.30. The van der Waals surface area contributed by atoms with Crippen LogP contribution in [0, 0.1) is 11.6 Å². The Hall–Kier alpha value is -2.32. The molecule has 0 bridgehead atoms. The van der Waals surface area contributed by atoms with Gasteiger partial charge in [0, 0.05) is 21.9 Å².